The molecular formula is C24H24ClN3O4S. The summed E-state index contributed by atoms with van der Waals surface area (Å²) in [4.78, 5) is 26.6. The van der Waals surface area contributed by atoms with Crippen molar-refractivity contribution in [2.45, 2.75) is 18.4 Å². The summed E-state index contributed by atoms with van der Waals surface area (Å²) in [7, 11) is -2.37. The number of amides is 2. The summed E-state index contributed by atoms with van der Waals surface area (Å²) in [5.41, 5.74) is 2.05. The molecule has 0 heterocycles. The van der Waals surface area contributed by atoms with Gasteiger partial charge in [0.1, 0.15) is 0 Å². The van der Waals surface area contributed by atoms with Crippen LogP contribution in [0.15, 0.2) is 77.7 Å². The summed E-state index contributed by atoms with van der Waals surface area (Å²) in [6, 6.07) is 20.2. The van der Waals surface area contributed by atoms with E-state index in [9.17, 15) is 18.0 Å². The fraction of sp³-hybridized carbons (Fsp3) is 0.167. The van der Waals surface area contributed by atoms with Gasteiger partial charge in [0.2, 0.25) is 15.9 Å². The Morgan fingerprint density at radius 2 is 1.64 bits per heavy atom. The number of benzene rings is 3. The fourth-order valence-electron chi connectivity index (χ4n) is 3.10. The molecule has 0 fully saturated rings. The number of carbonyl (C=O) groups excluding carboxylic acids is 2. The number of sulfonamides is 1. The second-order valence-electron chi connectivity index (χ2n) is 7.48. The maximum absolute atomic E-state index is 13.0. The van der Waals surface area contributed by atoms with Gasteiger partial charge in [0.05, 0.1) is 22.2 Å². The van der Waals surface area contributed by atoms with Crippen LogP contribution in [0.5, 0.6) is 0 Å². The molecule has 7 nitrogen and oxygen atoms in total. The van der Waals surface area contributed by atoms with Crippen LogP contribution in [-0.4, -0.2) is 38.7 Å². The number of carbonyl (C=O) groups is 2. The summed E-state index contributed by atoms with van der Waals surface area (Å²) < 4.78 is 28.1. The molecule has 3 aromatic carbocycles. The molecule has 3 rings (SSSR count). The van der Waals surface area contributed by atoms with Gasteiger partial charge in [-0.3, -0.25) is 9.59 Å². The first kappa shape index (κ1) is 24.4. The molecule has 0 bridgehead atoms. The van der Waals surface area contributed by atoms with Gasteiger partial charge < -0.3 is 10.2 Å². The van der Waals surface area contributed by atoms with Gasteiger partial charge in [-0.1, -0.05) is 60.1 Å². The monoisotopic (exact) mass is 485 g/mol. The Morgan fingerprint density at radius 3 is 2.33 bits per heavy atom. The normalized spacial score (nSPS) is 11.1. The molecule has 9 heteroatoms. The van der Waals surface area contributed by atoms with Crippen LogP contribution < -0.4 is 10.0 Å². The lowest BCUT2D eigenvalue weighted by Gasteiger charge is -2.19. The third kappa shape index (κ3) is 6.41. The maximum atomic E-state index is 13.0. The minimum absolute atomic E-state index is 0.0266. The molecule has 0 radical (unpaired) electrons. The molecule has 0 saturated heterocycles. The van der Waals surface area contributed by atoms with Crippen molar-refractivity contribution >= 4 is 39.1 Å². The number of halogens is 1. The minimum Gasteiger partial charge on any atom is -0.332 e. The van der Waals surface area contributed by atoms with Gasteiger partial charge in [-0.25, -0.2) is 13.1 Å². The number of anilines is 1. The zero-order chi connectivity index (χ0) is 24.0. The van der Waals surface area contributed by atoms with E-state index in [0.717, 1.165) is 5.56 Å². The highest BCUT2D eigenvalue weighted by atomic mass is 35.5. The molecule has 0 aliphatic rings. The van der Waals surface area contributed by atoms with Gasteiger partial charge in [-0.05, 0) is 42.3 Å². The van der Waals surface area contributed by atoms with E-state index < -0.39 is 21.8 Å². The van der Waals surface area contributed by atoms with Crippen LogP contribution in [0.25, 0.3) is 0 Å². The number of hydrogen-bond donors (Lipinski definition) is 2. The number of likely N-dealkylation sites (N-methyl/N-ethyl adjacent to an activating group) is 1. The van der Waals surface area contributed by atoms with Crippen LogP contribution in [0.1, 0.15) is 21.5 Å². The van der Waals surface area contributed by atoms with Crippen molar-refractivity contribution in [3.05, 3.63) is 94.5 Å². The van der Waals surface area contributed by atoms with Crippen molar-refractivity contribution in [2.24, 2.45) is 0 Å². The molecule has 0 unspecified atom stereocenters. The minimum atomic E-state index is -3.84. The van der Waals surface area contributed by atoms with Crippen molar-refractivity contribution in [3.8, 4) is 0 Å². The number of rotatable bonds is 8. The average Bonchev–Trinajstić information content (AvgIpc) is 2.79. The summed E-state index contributed by atoms with van der Waals surface area (Å²) in [5.74, 6) is -0.896. The quantitative estimate of drug-likeness (QED) is 0.506. The van der Waals surface area contributed by atoms with E-state index in [1.165, 1.54) is 24.1 Å². The van der Waals surface area contributed by atoms with Crippen LogP contribution in [0, 0.1) is 6.92 Å². The zero-order valence-corrected chi connectivity index (χ0v) is 19.8. The third-order valence-corrected chi connectivity index (χ3v) is 6.66. The van der Waals surface area contributed by atoms with Crippen molar-refractivity contribution in [1.82, 2.24) is 9.62 Å². The van der Waals surface area contributed by atoms with E-state index >= 15 is 0 Å². The highest BCUT2D eigenvalue weighted by Crippen LogP contribution is 2.21. The van der Waals surface area contributed by atoms with Crippen LogP contribution in [0.3, 0.4) is 0 Å². The Labute approximate surface area is 198 Å². The molecule has 33 heavy (non-hydrogen) atoms. The Kier molecular flexibility index (Phi) is 7.86. The van der Waals surface area contributed by atoms with Crippen LogP contribution in [-0.2, 0) is 21.4 Å². The molecule has 2 N–H and O–H groups in total. The highest BCUT2D eigenvalue weighted by Gasteiger charge is 2.21. The lowest BCUT2D eigenvalue weighted by atomic mass is 10.1. The van der Waals surface area contributed by atoms with E-state index in [4.69, 9.17) is 11.6 Å². The molecule has 0 aliphatic heterocycles. The molecule has 172 valence electrons. The lowest BCUT2D eigenvalue weighted by Crippen LogP contribution is -2.35. The second kappa shape index (κ2) is 10.6. The van der Waals surface area contributed by atoms with Gasteiger partial charge in [0.15, 0.2) is 0 Å². The van der Waals surface area contributed by atoms with Gasteiger partial charge in [-0.2, -0.15) is 0 Å². The molecule has 0 spiro atoms. The summed E-state index contributed by atoms with van der Waals surface area (Å²) in [5, 5.41) is 3.05. The van der Waals surface area contributed by atoms with Crippen LogP contribution in [0.2, 0.25) is 5.02 Å². The van der Waals surface area contributed by atoms with Crippen molar-refractivity contribution in [3.63, 3.8) is 0 Å². The number of aryl methyl sites for hydroxylation is 1. The average molecular weight is 486 g/mol. The first-order valence-corrected chi connectivity index (χ1v) is 12.0. The largest absolute Gasteiger partial charge is 0.332 e. The summed E-state index contributed by atoms with van der Waals surface area (Å²) in [6.07, 6.45) is 0. The van der Waals surface area contributed by atoms with E-state index in [-0.39, 0.29) is 23.5 Å². The van der Waals surface area contributed by atoms with Crippen LogP contribution in [0.4, 0.5) is 5.69 Å². The SMILES string of the molecule is Cc1ccc(S(=O)(=O)NCc2ccccc2)cc1C(=O)N(C)CC(=O)Nc1ccccc1Cl. The first-order chi connectivity index (χ1) is 15.7. The Balaban J connectivity index is 1.71. The number of nitrogens with one attached hydrogen (secondary N) is 2. The lowest BCUT2D eigenvalue weighted by molar-refractivity contribution is -0.116. The van der Waals surface area contributed by atoms with Crippen molar-refractivity contribution in [2.75, 3.05) is 18.9 Å². The topological polar surface area (TPSA) is 95.6 Å². The Hall–Kier alpha value is -3.20. The second-order valence-corrected chi connectivity index (χ2v) is 9.65. The summed E-state index contributed by atoms with van der Waals surface area (Å²) in [6.45, 7) is 1.61. The van der Waals surface area contributed by atoms with Gasteiger partial charge in [-0.15, -0.1) is 0 Å². The van der Waals surface area contributed by atoms with Crippen LogP contribution >= 0.6 is 11.6 Å². The van der Waals surface area contributed by atoms with E-state index in [0.29, 0.717) is 16.3 Å². The Morgan fingerprint density at radius 1 is 0.970 bits per heavy atom. The predicted molar refractivity (Wildman–Crippen MR) is 129 cm³/mol. The summed E-state index contributed by atoms with van der Waals surface area (Å²) >= 11 is 6.05. The van der Waals surface area contributed by atoms with Crippen molar-refractivity contribution < 1.29 is 18.0 Å². The molecule has 0 aromatic heterocycles. The number of hydrogen-bond acceptors (Lipinski definition) is 4. The van der Waals surface area contributed by atoms with E-state index in [1.807, 2.05) is 30.3 Å². The fourth-order valence-corrected chi connectivity index (χ4v) is 4.33. The maximum Gasteiger partial charge on any atom is 0.254 e. The smallest absolute Gasteiger partial charge is 0.254 e. The van der Waals surface area contributed by atoms with E-state index in [1.54, 1.807) is 37.3 Å². The third-order valence-electron chi connectivity index (χ3n) is 4.93. The van der Waals surface area contributed by atoms with Crippen molar-refractivity contribution in [1.29, 1.82) is 0 Å². The predicted octanol–water partition coefficient (Wildman–Crippen LogP) is 3.84. The molecule has 0 saturated carbocycles. The van der Waals surface area contributed by atoms with Gasteiger partial charge in [0.25, 0.3) is 5.91 Å². The number of nitrogens with zero attached hydrogens (tertiary/aromatic N) is 1. The zero-order valence-electron chi connectivity index (χ0n) is 18.2. The first-order valence-electron chi connectivity index (χ1n) is 10.1. The number of para-hydroxylation sites is 1. The standard InChI is InChI=1S/C24H24ClN3O4S/c1-17-12-13-19(33(31,32)26-15-18-8-4-3-5-9-18)14-20(17)24(30)28(2)16-23(29)27-22-11-7-6-10-21(22)25/h3-14,26H,15-16H2,1-2H3,(H,27,29). The molecule has 0 aliphatic carbocycles. The van der Waals surface area contributed by atoms with E-state index in [2.05, 4.69) is 10.0 Å². The highest BCUT2D eigenvalue weighted by molar-refractivity contribution is 7.89. The molecule has 2 amide bonds. The van der Waals surface area contributed by atoms with Gasteiger partial charge >= 0.3 is 0 Å². The molecule has 3 aromatic rings. The molecular weight excluding hydrogens is 462 g/mol. The molecule has 0 atom stereocenters. The van der Waals surface area contributed by atoms with Gasteiger partial charge in [0, 0.05) is 19.2 Å². The Bertz CT molecular complexity index is 1260.